The fourth-order valence-corrected chi connectivity index (χ4v) is 2.52. The average molecular weight is 356 g/mol. The molecule has 0 spiro atoms. The van der Waals surface area contributed by atoms with Crippen LogP contribution in [0.3, 0.4) is 0 Å². The van der Waals surface area contributed by atoms with Gasteiger partial charge in [-0.25, -0.2) is 0 Å². The molecule has 2 rings (SSSR count). The number of halogens is 2. The van der Waals surface area contributed by atoms with Gasteiger partial charge in [0.2, 0.25) is 5.75 Å². The molecule has 5 nitrogen and oxygen atoms in total. The Hall–Kier alpha value is -2.11. The number of amides is 1. The Bertz CT molecular complexity index is 709. The van der Waals surface area contributed by atoms with E-state index in [4.69, 9.17) is 37.4 Å². The molecule has 0 bridgehead atoms. The quantitative estimate of drug-likeness (QED) is 0.869. The Morgan fingerprint density at radius 3 is 2.04 bits per heavy atom. The molecule has 0 aliphatic rings. The molecule has 0 aromatic heterocycles. The monoisotopic (exact) mass is 355 g/mol. The van der Waals surface area contributed by atoms with Crippen LogP contribution in [0.5, 0.6) is 17.2 Å². The van der Waals surface area contributed by atoms with Crippen molar-refractivity contribution < 1.29 is 19.0 Å². The van der Waals surface area contributed by atoms with E-state index in [-0.39, 0.29) is 10.9 Å². The number of nitrogens with one attached hydrogen (secondary N) is 1. The van der Waals surface area contributed by atoms with Gasteiger partial charge in [0, 0.05) is 22.8 Å². The molecule has 7 heteroatoms. The Morgan fingerprint density at radius 1 is 0.957 bits per heavy atom. The van der Waals surface area contributed by atoms with Crippen LogP contribution in [0.25, 0.3) is 0 Å². The molecule has 0 saturated carbocycles. The smallest absolute Gasteiger partial charge is 0.257 e. The van der Waals surface area contributed by atoms with Crippen LogP contribution in [0, 0.1) is 0 Å². The number of carbonyl (C=O) groups excluding carboxylic acids is 1. The summed E-state index contributed by atoms with van der Waals surface area (Å²) >= 11 is 11.9. The molecule has 0 radical (unpaired) electrons. The van der Waals surface area contributed by atoms with Crippen LogP contribution in [0.1, 0.15) is 10.4 Å². The number of ether oxygens (including phenoxy) is 3. The van der Waals surface area contributed by atoms with Gasteiger partial charge in [-0.05, 0) is 18.2 Å². The van der Waals surface area contributed by atoms with Crippen molar-refractivity contribution in [3.63, 3.8) is 0 Å². The van der Waals surface area contributed by atoms with E-state index in [2.05, 4.69) is 5.32 Å². The maximum Gasteiger partial charge on any atom is 0.257 e. The summed E-state index contributed by atoms with van der Waals surface area (Å²) < 4.78 is 15.7. The second kappa shape index (κ2) is 7.44. The van der Waals surface area contributed by atoms with Crippen molar-refractivity contribution in [2.75, 3.05) is 26.6 Å². The number of hydrogen-bond acceptors (Lipinski definition) is 4. The van der Waals surface area contributed by atoms with Gasteiger partial charge in [0.05, 0.1) is 31.9 Å². The first-order valence-electron chi connectivity index (χ1n) is 6.56. The van der Waals surface area contributed by atoms with Crippen molar-refractivity contribution in [2.24, 2.45) is 0 Å². The minimum Gasteiger partial charge on any atom is -0.493 e. The first kappa shape index (κ1) is 17.2. The Morgan fingerprint density at radius 2 is 1.57 bits per heavy atom. The van der Waals surface area contributed by atoms with E-state index in [0.717, 1.165) is 0 Å². The summed E-state index contributed by atoms with van der Waals surface area (Å²) in [6.45, 7) is 0. The number of benzene rings is 2. The molecular weight excluding hydrogens is 341 g/mol. The summed E-state index contributed by atoms with van der Waals surface area (Å²) in [5, 5.41) is 3.46. The molecule has 122 valence electrons. The van der Waals surface area contributed by atoms with E-state index < -0.39 is 0 Å². The van der Waals surface area contributed by atoms with Crippen LogP contribution in [0.4, 0.5) is 5.69 Å². The van der Waals surface area contributed by atoms with Gasteiger partial charge in [0.15, 0.2) is 11.5 Å². The van der Waals surface area contributed by atoms with E-state index in [9.17, 15) is 4.79 Å². The predicted molar refractivity (Wildman–Crippen MR) is 90.5 cm³/mol. The van der Waals surface area contributed by atoms with Crippen molar-refractivity contribution in [1.29, 1.82) is 0 Å². The number of methoxy groups -OCH3 is 3. The maximum atomic E-state index is 12.3. The third-order valence-electron chi connectivity index (χ3n) is 3.10. The second-order valence-corrected chi connectivity index (χ2v) is 5.34. The topological polar surface area (TPSA) is 56.8 Å². The lowest BCUT2D eigenvalue weighted by Crippen LogP contribution is -2.12. The summed E-state index contributed by atoms with van der Waals surface area (Å²) in [6.07, 6.45) is 0. The van der Waals surface area contributed by atoms with Crippen LogP contribution in [0.15, 0.2) is 30.3 Å². The molecule has 0 saturated heterocycles. The van der Waals surface area contributed by atoms with E-state index >= 15 is 0 Å². The lowest BCUT2D eigenvalue weighted by molar-refractivity contribution is 0.102. The van der Waals surface area contributed by atoms with E-state index in [0.29, 0.717) is 33.5 Å². The van der Waals surface area contributed by atoms with Gasteiger partial charge in [0.25, 0.3) is 5.91 Å². The summed E-state index contributed by atoms with van der Waals surface area (Å²) in [5.41, 5.74) is 0.792. The molecule has 1 N–H and O–H groups in total. The fourth-order valence-electron chi connectivity index (χ4n) is 2.03. The molecule has 0 heterocycles. The van der Waals surface area contributed by atoms with Crippen LogP contribution >= 0.6 is 23.2 Å². The first-order valence-corrected chi connectivity index (χ1v) is 7.32. The number of anilines is 1. The van der Waals surface area contributed by atoms with Gasteiger partial charge >= 0.3 is 0 Å². The molecule has 0 atom stereocenters. The highest BCUT2D eigenvalue weighted by atomic mass is 35.5. The van der Waals surface area contributed by atoms with Gasteiger partial charge in [-0.2, -0.15) is 0 Å². The third kappa shape index (κ3) is 3.81. The predicted octanol–water partition coefficient (Wildman–Crippen LogP) is 4.27. The van der Waals surface area contributed by atoms with Crippen molar-refractivity contribution >= 4 is 34.8 Å². The van der Waals surface area contributed by atoms with Gasteiger partial charge in [-0.1, -0.05) is 23.2 Å². The summed E-state index contributed by atoms with van der Waals surface area (Å²) in [7, 11) is 4.50. The van der Waals surface area contributed by atoms with E-state index in [1.807, 2.05) is 0 Å². The highest BCUT2D eigenvalue weighted by Crippen LogP contribution is 2.40. The Labute approximate surface area is 144 Å². The lowest BCUT2D eigenvalue weighted by atomic mass is 10.2. The van der Waals surface area contributed by atoms with Crippen molar-refractivity contribution in [3.05, 3.63) is 45.9 Å². The van der Waals surface area contributed by atoms with Gasteiger partial charge in [0.1, 0.15) is 0 Å². The molecular formula is C16H15Cl2NO4. The van der Waals surface area contributed by atoms with Crippen LogP contribution in [-0.2, 0) is 0 Å². The summed E-state index contributed by atoms with van der Waals surface area (Å²) in [5.74, 6) is 0.937. The van der Waals surface area contributed by atoms with Crippen LogP contribution < -0.4 is 19.5 Å². The SMILES string of the molecule is COc1cc(NC(=O)c2ccc(Cl)cc2Cl)cc(OC)c1OC. The zero-order chi connectivity index (χ0) is 17.0. The molecule has 0 aliphatic heterocycles. The molecule has 0 aliphatic carbocycles. The van der Waals surface area contributed by atoms with Gasteiger partial charge in [-0.3, -0.25) is 4.79 Å². The maximum absolute atomic E-state index is 12.3. The normalized spacial score (nSPS) is 10.1. The highest BCUT2D eigenvalue weighted by molar-refractivity contribution is 6.37. The molecule has 0 fully saturated rings. The molecule has 2 aromatic carbocycles. The minimum absolute atomic E-state index is 0.266. The standard InChI is InChI=1S/C16H15Cl2NO4/c1-21-13-7-10(8-14(22-2)15(13)23-3)19-16(20)11-5-4-9(17)6-12(11)18/h4-8H,1-3H3,(H,19,20). The Kier molecular flexibility index (Phi) is 5.58. The Balaban J connectivity index is 2.34. The van der Waals surface area contributed by atoms with Crippen molar-refractivity contribution in [2.45, 2.75) is 0 Å². The van der Waals surface area contributed by atoms with Crippen LogP contribution in [-0.4, -0.2) is 27.2 Å². The molecule has 0 unspecified atom stereocenters. The van der Waals surface area contributed by atoms with E-state index in [1.165, 1.54) is 27.4 Å². The highest BCUT2D eigenvalue weighted by Gasteiger charge is 2.16. The summed E-state index contributed by atoms with van der Waals surface area (Å²) in [4.78, 5) is 12.3. The number of hydrogen-bond donors (Lipinski definition) is 1. The van der Waals surface area contributed by atoms with Gasteiger partial charge < -0.3 is 19.5 Å². The molecule has 23 heavy (non-hydrogen) atoms. The minimum atomic E-state index is -0.374. The summed E-state index contributed by atoms with van der Waals surface area (Å²) in [6, 6.07) is 7.91. The number of carbonyl (C=O) groups is 1. The fraction of sp³-hybridized carbons (Fsp3) is 0.188. The van der Waals surface area contributed by atoms with Crippen molar-refractivity contribution in [3.8, 4) is 17.2 Å². The third-order valence-corrected chi connectivity index (χ3v) is 3.65. The van der Waals surface area contributed by atoms with E-state index in [1.54, 1.807) is 24.3 Å². The second-order valence-electron chi connectivity index (χ2n) is 4.49. The number of rotatable bonds is 5. The van der Waals surface area contributed by atoms with Crippen LogP contribution in [0.2, 0.25) is 10.0 Å². The average Bonchev–Trinajstić information content (AvgIpc) is 2.53. The zero-order valence-electron chi connectivity index (χ0n) is 12.8. The molecule has 1 amide bonds. The first-order chi connectivity index (χ1) is 11.0. The molecule has 2 aromatic rings. The zero-order valence-corrected chi connectivity index (χ0v) is 14.3. The van der Waals surface area contributed by atoms with Crippen molar-refractivity contribution in [1.82, 2.24) is 0 Å². The van der Waals surface area contributed by atoms with Gasteiger partial charge in [-0.15, -0.1) is 0 Å². The largest absolute Gasteiger partial charge is 0.493 e. The lowest BCUT2D eigenvalue weighted by Gasteiger charge is -2.15.